The zero-order chi connectivity index (χ0) is 14.2. The van der Waals surface area contributed by atoms with E-state index in [1.165, 1.54) is 71.0 Å². The van der Waals surface area contributed by atoms with Crippen LogP contribution in [0, 0.1) is 11.8 Å². The lowest BCUT2D eigenvalue weighted by atomic mass is 9.87. The SMILES string of the molecule is CCCC1CC(NCC2CCCCC2)CN(CCN)C1. The van der Waals surface area contributed by atoms with Gasteiger partial charge in [-0.3, -0.25) is 0 Å². The van der Waals surface area contributed by atoms with Crippen molar-refractivity contribution in [2.24, 2.45) is 17.6 Å². The Balaban J connectivity index is 1.75. The van der Waals surface area contributed by atoms with Gasteiger partial charge in [0.25, 0.3) is 0 Å². The second-order valence-corrected chi connectivity index (χ2v) is 7.05. The van der Waals surface area contributed by atoms with E-state index in [2.05, 4.69) is 17.1 Å². The predicted octanol–water partition coefficient (Wildman–Crippen LogP) is 2.61. The van der Waals surface area contributed by atoms with Crippen LogP contribution in [0.4, 0.5) is 0 Å². The molecule has 2 rings (SSSR count). The first kappa shape index (κ1) is 16.3. The van der Waals surface area contributed by atoms with Crippen molar-refractivity contribution < 1.29 is 0 Å². The molecule has 0 radical (unpaired) electrons. The first-order valence-electron chi connectivity index (χ1n) is 8.97. The fraction of sp³-hybridized carbons (Fsp3) is 1.00. The molecule has 2 aliphatic rings. The van der Waals surface area contributed by atoms with Gasteiger partial charge in [0, 0.05) is 32.2 Å². The molecule has 0 amide bonds. The van der Waals surface area contributed by atoms with E-state index in [0.717, 1.165) is 24.9 Å². The first-order valence-corrected chi connectivity index (χ1v) is 8.97. The van der Waals surface area contributed by atoms with Crippen LogP contribution < -0.4 is 11.1 Å². The molecule has 118 valence electrons. The summed E-state index contributed by atoms with van der Waals surface area (Å²) in [6, 6.07) is 0.703. The molecule has 0 bridgehead atoms. The molecule has 2 unspecified atom stereocenters. The highest BCUT2D eigenvalue weighted by Gasteiger charge is 2.26. The Morgan fingerprint density at radius 1 is 1.10 bits per heavy atom. The molecule has 1 saturated carbocycles. The van der Waals surface area contributed by atoms with Crippen molar-refractivity contribution >= 4 is 0 Å². The van der Waals surface area contributed by atoms with E-state index in [1.54, 1.807) is 0 Å². The highest BCUT2D eigenvalue weighted by molar-refractivity contribution is 4.84. The molecule has 2 fully saturated rings. The molecule has 0 aromatic carbocycles. The second kappa shape index (κ2) is 9.01. The zero-order valence-electron chi connectivity index (χ0n) is 13.4. The molecule has 0 aromatic rings. The molecule has 0 aromatic heterocycles. The van der Waals surface area contributed by atoms with Gasteiger partial charge >= 0.3 is 0 Å². The van der Waals surface area contributed by atoms with Gasteiger partial charge in [0.15, 0.2) is 0 Å². The van der Waals surface area contributed by atoms with Crippen molar-refractivity contribution in [3.8, 4) is 0 Å². The van der Waals surface area contributed by atoms with Crippen LogP contribution in [0.1, 0.15) is 58.3 Å². The maximum absolute atomic E-state index is 5.75. The molecule has 1 aliphatic heterocycles. The molecular weight excluding hydrogens is 246 g/mol. The van der Waals surface area contributed by atoms with E-state index in [1.807, 2.05) is 0 Å². The predicted molar refractivity (Wildman–Crippen MR) is 86.9 cm³/mol. The largest absolute Gasteiger partial charge is 0.329 e. The van der Waals surface area contributed by atoms with E-state index in [9.17, 15) is 0 Å². The van der Waals surface area contributed by atoms with Gasteiger partial charge in [0.05, 0.1) is 0 Å². The molecule has 2 atom stereocenters. The Morgan fingerprint density at radius 3 is 2.60 bits per heavy atom. The van der Waals surface area contributed by atoms with Crippen LogP contribution in [-0.4, -0.2) is 43.7 Å². The molecule has 1 aliphatic carbocycles. The molecule has 3 heteroatoms. The standard InChI is InChI=1S/C17H35N3/c1-2-6-16-11-17(14-20(13-16)10-9-18)19-12-15-7-4-3-5-8-15/h15-17,19H,2-14,18H2,1H3. The maximum Gasteiger partial charge on any atom is 0.0198 e. The van der Waals surface area contributed by atoms with E-state index in [-0.39, 0.29) is 0 Å². The Kier molecular flexibility index (Phi) is 7.32. The molecule has 3 nitrogen and oxygen atoms in total. The normalized spacial score (nSPS) is 29.7. The molecule has 1 saturated heterocycles. The van der Waals surface area contributed by atoms with Gasteiger partial charge in [-0.05, 0) is 44.1 Å². The Hall–Kier alpha value is -0.120. The first-order chi connectivity index (χ1) is 9.81. The van der Waals surface area contributed by atoms with Crippen molar-refractivity contribution in [3.05, 3.63) is 0 Å². The number of nitrogens with two attached hydrogens (primary N) is 1. The summed E-state index contributed by atoms with van der Waals surface area (Å²) < 4.78 is 0. The van der Waals surface area contributed by atoms with Crippen molar-refractivity contribution in [3.63, 3.8) is 0 Å². The summed E-state index contributed by atoms with van der Waals surface area (Å²) in [5, 5.41) is 3.89. The zero-order valence-corrected chi connectivity index (χ0v) is 13.4. The van der Waals surface area contributed by atoms with Gasteiger partial charge in [-0.2, -0.15) is 0 Å². The third kappa shape index (κ3) is 5.34. The van der Waals surface area contributed by atoms with Crippen LogP contribution in [0.5, 0.6) is 0 Å². The van der Waals surface area contributed by atoms with E-state index in [0.29, 0.717) is 6.04 Å². The summed E-state index contributed by atoms with van der Waals surface area (Å²) in [4.78, 5) is 2.59. The topological polar surface area (TPSA) is 41.3 Å². The minimum absolute atomic E-state index is 0.703. The average Bonchev–Trinajstić information content (AvgIpc) is 2.47. The average molecular weight is 281 g/mol. The van der Waals surface area contributed by atoms with Crippen molar-refractivity contribution in [2.75, 3.05) is 32.7 Å². The molecular formula is C17H35N3. The fourth-order valence-electron chi connectivity index (χ4n) is 4.16. The summed E-state index contributed by atoms with van der Waals surface area (Å²) in [7, 11) is 0. The summed E-state index contributed by atoms with van der Waals surface area (Å²) in [5.74, 6) is 1.82. The number of piperidine rings is 1. The van der Waals surface area contributed by atoms with Gasteiger partial charge in [-0.15, -0.1) is 0 Å². The van der Waals surface area contributed by atoms with E-state index >= 15 is 0 Å². The third-order valence-electron chi connectivity index (χ3n) is 5.18. The number of rotatable bonds is 7. The summed E-state index contributed by atoms with van der Waals surface area (Å²) in [5.41, 5.74) is 5.75. The number of hydrogen-bond acceptors (Lipinski definition) is 3. The highest BCUT2D eigenvalue weighted by atomic mass is 15.2. The van der Waals surface area contributed by atoms with Gasteiger partial charge in [-0.1, -0.05) is 32.6 Å². The van der Waals surface area contributed by atoms with Gasteiger partial charge < -0.3 is 16.0 Å². The van der Waals surface area contributed by atoms with Crippen molar-refractivity contribution in [1.82, 2.24) is 10.2 Å². The van der Waals surface area contributed by atoms with Gasteiger partial charge in [-0.25, -0.2) is 0 Å². The van der Waals surface area contributed by atoms with Crippen LogP contribution in [0.3, 0.4) is 0 Å². The second-order valence-electron chi connectivity index (χ2n) is 7.05. The van der Waals surface area contributed by atoms with Crippen LogP contribution in [0.2, 0.25) is 0 Å². The lowest BCUT2D eigenvalue weighted by Gasteiger charge is -2.39. The van der Waals surface area contributed by atoms with Gasteiger partial charge in [0.2, 0.25) is 0 Å². The summed E-state index contributed by atoms with van der Waals surface area (Å²) >= 11 is 0. The highest BCUT2D eigenvalue weighted by Crippen LogP contribution is 2.24. The lowest BCUT2D eigenvalue weighted by molar-refractivity contribution is 0.134. The lowest BCUT2D eigenvalue weighted by Crippen LogP contribution is -2.51. The van der Waals surface area contributed by atoms with Crippen LogP contribution in [0.25, 0.3) is 0 Å². The fourth-order valence-corrected chi connectivity index (χ4v) is 4.16. The third-order valence-corrected chi connectivity index (χ3v) is 5.18. The smallest absolute Gasteiger partial charge is 0.0198 e. The number of likely N-dealkylation sites (tertiary alicyclic amines) is 1. The van der Waals surface area contributed by atoms with Crippen LogP contribution in [0.15, 0.2) is 0 Å². The number of nitrogens with zero attached hydrogens (tertiary/aromatic N) is 1. The Morgan fingerprint density at radius 2 is 1.90 bits per heavy atom. The molecule has 3 N–H and O–H groups in total. The monoisotopic (exact) mass is 281 g/mol. The minimum Gasteiger partial charge on any atom is -0.329 e. The summed E-state index contributed by atoms with van der Waals surface area (Å²) in [6.07, 6.45) is 11.3. The van der Waals surface area contributed by atoms with E-state index < -0.39 is 0 Å². The maximum atomic E-state index is 5.75. The van der Waals surface area contributed by atoms with Crippen LogP contribution in [-0.2, 0) is 0 Å². The number of hydrogen-bond donors (Lipinski definition) is 2. The molecule has 0 spiro atoms. The molecule has 20 heavy (non-hydrogen) atoms. The quantitative estimate of drug-likeness (QED) is 0.754. The molecule has 1 heterocycles. The van der Waals surface area contributed by atoms with Crippen LogP contribution >= 0.6 is 0 Å². The van der Waals surface area contributed by atoms with Crippen molar-refractivity contribution in [1.29, 1.82) is 0 Å². The van der Waals surface area contributed by atoms with Crippen molar-refractivity contribution in [2.45, 2.75) is 64.3 Å². The van der Waals surface area contributed by atoms with E-state index in [4.69, 9.17) is 5.73 Å². The number of nitrogens with one attached hydrogen (secondary N) is 1. The minimum atomic E-state index is 0.703. The Bertz CT molecular complexity index is 237. The summed E-state index contributed by atoms with van der Waals surface area (Å²) in [6.45, 7) is 7.92. The Labute approximate surface area is 125 Å². The van der Waals surface area contributed by atoms with Gasteiger partial charge in [0.1, 0.15) is 0 Å².